The number of nitrogens with zero attached hydrogens (tertiary/aromatic N) is 1. The maximum Gasteiger partial charge on any atom is 0.335 e. The van der Waals surface area contributed by atoms with Crippen LogP contribution in [0.5, 0.6) is 0 Å². The van der Waals surface area contributed by atoms with Crippen LogP contribution < -0.4 is 5.32 Å². The zero-order valence-corrected chi connectivity index (χ0v) is 10.00. The van der Waals surface area contributed by atoms with Crippen molar-refractivity contribution in [3.63, 3.8) is 0 Å². The van der Waals surface area contributed by atoms with Gasteiger partial charge in [0.05, 0.1) is 11.8 Å². The number of benzene rings is 1. The van der Waals surface area contributed by atoms with Crippen molar-refractivity contribution in [2.45, 2.75) is 6.42 Å². The summed E-state index contributed by atoms with van der Waals surface area (Å²) < 4.78 is 4.70. The number of hydrogen-bond donors (Lipinski definition) is 2. The number of amides is 1. The lowest BCUT2D eigenvalue weighted by Gasteiger charge is -2.06. The van der Waals surface area contributed by atoms with E-state index in [-0.39, 0.29) is 17.2 Å². The molecule has 0 fully saturated rings. The summed E-state index contributed by atoms with van der Waals surface area (Å²) in [7, 11) is 0. The Labute approximate surface area is 109 Å². The van der Waals surface area contributed by atoms with E-state index in [1.54, 1.807) is 18.2 Å². The van der Waals surface area contributed by atoms with Crippen LogP contribution in [0.3, 0.4) is 0 Å². The summed E-state index contributed by atoms with van der Waals surface area (Å²) >= 11 is 0. The van der Waals surface area contributed by atoms with Gasteiger partial charge in [-0.15, -0.1) is 0 Å². The van der Waals surface area contributed by atoms with E-state index in [4.69, 9.17) is 9.63 Å². The normalized spacial score (nSPS) is 10.1. The van der Waals surface area contributed by atoms with Gasteiger partial charge in [-0.05, 0) is 18.1 Å². The molecule has 6 heteroatoms. The first-order chi connectivity index (χ1) is 9.18. The van der Waals surface area contributed by atoms with E-state index < -0.39 is 5.97 Å². The Kier molecular flexibility index (Phi) is 3.92. The first-order valence-corrected chi connectivity index (χ1v) is 5.68. The van der Waals surface area contributed by atoms with Crippen molar-refractivity contribution < 1.29 is 19.2 Å². The topological polar surface area (TPSA) is 92.4 Å². The van der Waals surface area contributed by atoms with Gasteiger partial charge in [-0.2, -0.15) is 0 Å². The van der Waals surface area contributed by atoms with Gasteiger partial charge < -0.3 is 14.9 Å². The van der Waals surface area contributed by atoms with Crippen LogP contribution in [-0.2, 0) is 6.42 Å². The minimum Gasteiger partial charge on any atom is -0.478 e. The largest absolute Gasteiger partial charge is 0.478 e. The van der Waals surface area contributed by atoms with Gasteiger partial charge in [0.25, 0.3) is 5.91 Å². The molecular formula is C13H12N2O4. The van der Waals surface area contributed by atoms with E-state index in [0.717, 1.165) is 0 Å². The van der Waals surface area contributed by atoms with Gasteiger partial charge in [0.2, 0.25) is 5.76 Å². The Morgan fingerprint density at radius 1 is 1.26 bits per heavy atom. The van der Waals surface area contributed by atoms with Crippen molar-refractivity contribution in [2.75, 3.05) is 6.54 Å². The molecule has 0 aliphatic heterocycles. The first-order valence-electron chi connectivity index (χ1n) is 5.68. The molecule has 1 amide bonds. The first kappa shape index (κ1) is 12.8. The van der Waals surface area contributed by atoms with Gasteiger partial charge in [0.1, 0.15) is 0 Å². The molecule has 6 nitrogen and oxygen atoms in total. The summed E-state index contributed by atoms with van der Waals surface area (Å²) in [5.41, 5.74) is 0.921. The van der Waals surface area contributed by atoms with Crippen LogP contribution in [0.4, 0.5) is 0 Å². The number of rotatable bonds is 5. The van der Waals surface area contributed by atoms with E-state index in [1.165, 1.54) is 18.3 Å². The molecule has 0 saturated heterocycles. The molecule has 1 heterocycles. The monoisotopic (exact) mass is 260 g/mol. The Balaban J connectivity index is 1.93. The zero-order chi connectivity index (χ0) is 13.7. The van der Waals surface area contributed by atoms with Gasteiger partial charge in [-0.3, -0.25) is 4.79 Å². The van der Waals surface area contributed by atoms with E-state index >= 15 is 0 Å². The fourth-order valence-corrected chi connectivity index (χ4v) is 1.68. The smallest absolute Gasteiger partial charge is 0.335 e. The Morgan fingerprint density at radius 3 is 2.74 bits per heavy atom. The maximum absolute atomic E-state index is 11.6. The lowest BCUT2D eigenvalue weighted by molar-refractivity contribution is 0.0695. The maximum atomic E-state index is 11.6. The summed E-state index contributed by atoms with van der Waals surface area (Å²) in [4.78, 5) is 22.5. The second-order valence-corrected chi connectivity index (χ2v) is 3.84. The number of carbonyl (C=O) groups excluding carboxylic acids is 1. The van der Waals surface area contributed by atoms with Crippen molar-refractivity contribution in [1.82, 2.24) is 10.5 Å². The van der Waals surface area contributed by atoms with Crippen molar-refractivity contribution in [3.8, 4) is 0 Å². The van der Waals surface area contributed by atoms with Crippen LogP contribution in [0.2, 0.25) is 0 Å². The molecule has 2 rings (SSSR count). The van der Waals surface area contributed by atoms with Crippen LogP contribution in [0.25, 0.3) is 0 Å². The number of aromatic carboxylic acids is 1. The van der Waals surface area contributed by atoms with Crippen LogP contribution in [-0.4, -0.2) is 28.7 Å². The highest BCUT2D eigenvalue weighted by atomic mass is 16.5. The SMILES string of the molecule is O=C(NCCc1ccccc1C(=O)O)c1ccno1. The Hall–Kier alpha value is -2.63. The molecule has 0 saturated carbocycles. The standard InChI is InChI=1S/C13H12N2O4/c16-12(11-6-8-15-19-11)14-7-5-9-3-1-2-4-10(9)13(17)18/h1-4,6,8H,5,7H2,(H,14,16)(H,17,18). The third kappa shape index (κ3) is 3.19. The van der Waals surface area contributed by atoms with Gasteiger partial charge in [0, 0.05) is 12.6 Å². The lowest BCUT2D eigenvalue weighted by atomic mass is 10.0. The summed E-state index contributed by atoms with van der Waals surface area (Å²) in [6.45, 7) is 0.323. The lowest BCUT2D eigenvalue weighted by Crippen LogP contribution is -2.25. The molecule has 0 bridgehead atoms. The molecular weight excluding hydrogens is 248 g/mol. The van der Waals surface area contributed by atoms with Crippen LogP contribution in [0.1, 0.15) is 26.5 Å². The average Bonchev–Trinajstić information content (AvgIpc) is 2.93. The number of carbonyl (C=O) groups is 2. The summed E-state index contributed by atoms with van der Waals surface area (Å²) in [6.07, 6.45) is 1.82. The molecule has 19 heavy (non-hydrogen) atoms. The highest BCUT2D eigenvalue weighted by Crippen LogP contribution is 2.09. The third-order valence-electron chi connectivity index (χ3n) is 2.59. The zero-order valence-electron chi connectivity index (χ0n) is 10.00. The van der Waals surface area contributed by atoms with Crippen molar-refractivity contribution in [1.29, 1.82) is 0 Å². The van der Waals surface area contributed by atoms with E-state index in [1.807, 2.05) is 0 Å². The molecule has 1 aromatic carbocycles. The number of hydrogen-bond acceptors (Lipinski definition) is 4. The van der Waals surface area contributed by atoms with Gasteiger partial charge >= 0.3 is 5.97 Å². The van der Waals surface area contributed by atoms with E-state index in [2.05, 4.69) is 10.5 Å². The van der Waals surface area contributed by atoms with E-state index in [9.17, 15) is 9.59 Å². The van der Waals surface area contributed by atoms with Crippen molar-refractivity contribution >= 4 is 11.9 Å². The Morgan fingerprint density at radius 2 is 2.05 bits per heavy atom. The molecule has 98 valence electrons. The quantitative estimate of drug-likeness (QED) is 0.846. The average molecular weight is 260 g/mol. The van der Waals surface area contributed by atoms with Gasteiger partial charge in [-0.25, -0.2) is 4.79 Å². The number of carboxylic acids is 1. The molecule has 0 aliphatic rings. The van der Waals surface area contributed by atoms with Crippen LogP contribution in [0.15, 0.2) is 41.1 Å². The second kappa shape index (κ2) is 5.81. The summed E-state index contributed by atoms with van der Waals surface area (Å²) in [6, 6.07) is 8.15. The second-order valence-electron chi connectivity index (χ2n) is 3.84. The number of aromatic nitrogens is 1. The fraction of sp³-hybridized carbons (Fsp3) is 0.154. The number of nitrogens with one attached hydrogen (secondary N) is 1. The molecule has 2 aromatic rings. The highest BCUT2D eigenvalue weighted by Gasteiger charge is 2.11. The summed E-state index contributed by atoms with van der Waals surface area (Å²) in [5, 5.41) is 15.1. The van der Waals surface area contributed by atoms with Crippen molar-refractivity contribution in [2.24, 2.45) is 0 Å². The molecule has 0 unspecified atom stereocenters. The minimum atomic E-state index is -0.975. The molecule has 0 aliphatic carbocycles. The molecule has 0 atom stereocenters. The molecule has 1 aromatic heterocycles. The molecule has 2 N–H and O–H groups in total. The van der Waals surface area contributed by atoms with Gasteiger partial charge in [-0.1, -0.05) is 23.4 Å². The van der Waals surface area contributed by atoms with Crippen molar-refractivity contribution in [3.05, 3.63) is 53.4 Å². The third-order valence-corrected chi connectivity index (χ3v) is 2.59. The fourth-order valence-electron chi connectivity index (χ4n) is 1.68. The Bertz CT molecular complexity index is 578. The molecule has 0 radical (unpaired) electrons. The minimum absolute atomic E-state index is 0.131. The van der Waals surface area contributed by atoms with E-state index in [0.29, 0.717) is 18.5 Å². The number of carboxylic acid groups (broad SMARTS) is 1. The predicted molar refractivity (Wildman–Crippen MR) is 65.9 cm³/mol. The summed E-state index contributed by atoms with van der Waals surface area (Å²) in [5.74, 6) is -1.21. The predicted octanol–water partition coefficient (Wildman–Crippen LogP) is 1.35. The highest BCUT2D eigenvalue weighted by molar-refractivity contribution is 5.91. The van der Waals surface area contributed by atoms with Gasteiger partial charge in [0.15, 0.2) is 0 Å². The van der Waals surface area contributed by atoms with Crippen LogP contribution in [0, 0.1) is 0 Å². The molecule has 0 spiro atoms. The van der Waals surface area contributed by atoms with Crippen LogP contribution >= 0.6 is 0 Å².